The second-order valence-electron chi connectivity index (χ2n) is 6.77. The molecule has 0 radical (unpaired) electrons. The van der Waals surface area contributed by atoms with E-state index in [1.165, 1.54) is 0 Å². The molecule has 6 nitrogen and oxygen atoms in total. The fourth-order valence-electron chi connectivity index (χ4n) is 2.83. The average molecular weight is 306 g/mol. The fourth-order valence-corrected chi connectivity index (χ4v) is 3.74. The van der Waals surface area contributed by atoms with Crippen molar-refractivity contribution in [1.82, 2.24) is 10.2 Å². The molecule has 0 aromatic rings. The van der Waals surface area contributed by atoms with Gasteiger partial charge in [0.2, 0.25) is 5.91 Å². The summed E-state index contributed by atoms with van der Waals surface area (Å²) in [5, 5.41) is 2.12. The third kappa shape index (κ3) is 5.38. The molecule has 1 aliphatic carbocycles. The first-order chi connectivity index (χ1) is 9.01. The molecule has 0 bridgehead atoms. The zero-order valence-electron chi connectivity index (χ0n) is 12.7. The minimum absolute atomic E-state index is 0.0414. The molecule has 1 fully saturated rings. The van der Waals surface area contributed by atoms with E-state index in [4.69, 9.17) is 4.55 Å². The lowest BCUT2D eigenvalue weighted by molar-refractivity contribution is -0.125. The van der Waals surface area contributed by atoms with Gasteiger partial charge in [-0.2, -0.15) is 8.42 Å². The van der Waals surface area contributed by atoms with Gasteiger partial charge in [0.15, 0.2) is 0 Å². The van der Waals surface area contributed by atoms with Crippen LogP contribution in [0.4, 0.5) is 0 Å². The Morgan fingerprint density at radius 1 is 1.35 bits per heavy atom. The Balaban J connectivity index is 2.45. The number of hydrogen-bond acceptors (Lipinski definition) is 4. The van der Waals surface area contributed by atoms with Crippen LogP contribution in [0.1, 0.15) is 33.1 Å². The van der Waals surface area contributed by atoms with Gasteiger partial charge in [0.25, 0.3) is 10.1 Å². The lowest BCUT2D eigenvalue weighted by Crippen LogP contribution is -2.41. The zero-order valence-corrected chi connectivity index (χ0v) is 13.5. The van der Waals surface area contributed by atoms with Crippen molar-refractivity contribution in [1.29, 1.82) is 0 Å². The molecule has 0 aliphatic heterocycles. The van der Waals surface area contributed by atoms with Crippen LogP contribution in [0.2, 0.25) is 0 Å². The fraction of sp³-hybridized carbons (Fsp3) is 0.923. The number of carbonyl (C=O) groups excluding carboxylic acids is 1. The van der Waals surface area contributed by atoms with Gasteiger partial charge in [-0.1, -0.05) is 13.8 Å². The van der Waals surface area contributed by atoms with Gasteiger partial charge in [-0.25, -0.2) is 0 Å². The highest BCUT2D eigenvalue weighted by Crippen LogP contribution is 2.30. The third-order valence-electron chi connectivity index (χ3n) is 3.66. The minimum atomic E-state index is -4.01. The van der Waals surface area contributed by atoms with Gasteiger partial charge in [-0.15, -0.1) is 0 Å². The summed E-state index contributed by atoms with van der Waals surface area (Å²) in [5.74, 6) is -0.417. The molecule has 0 heterocycles. The Morgan fingerprint density at radius 3 is 2.40 bits per heavy atom. The minimum Gasteiger partial charge on any atom is -0.355 e. The van der Waals surface area contributed by atoms with Crippen LogP contribution in [-0.2, 0) is 14.9 Å². The molecule has 2 atom stereocenters. The van der Waals surface area contributed by atoms with E-state index in [2.05, 4.69) is 24.1 Å². The largest absolute Gasteiger partial charge is 0.355 e. The van der Waals surface area contributed by atoms with Crippen LogP contribution >= 0.6 is 0 Å². The normalized spacial score (nSPS) is 24.1. The van der Waals surface area contributed by atoms with Gasteiger partial charge in [0.1, 0.15) is 0 Å². The van der Waals surface area contributed by atoms with Crippen LogP contribution < -0.4 is 5.32 Å². The highest BCUT2D eigenvalue weighted by molar-refractivity contribution is 7.86. The second kappa shape index (κ2) is 6.41. The van der Waals surface area contributed by atoms with Crippen molar-refractivity contribution >= 4 is 16.0 Å². The Kier molecular flexibility index (Phi) is 5.57. The first-order valence-corrected chi connectivity index (χ1v) is 8.40. The molecule has 0 saturated heterocycles. The Labute approximate surface area is 121 Å². The molecule has 20 heavy (non-hydrogen) atoms. The highest BCUT2D eigenvalue weighted by atomic mass is 32.2. The molecule has 1 rings (SSSR count). The molecule has 1 saturated carbocycles. The van der Waals surface area contributed by atoms with Gasteiger partial charge in [-0.05, 0) is 38.8 Å². The van der Waals surface area contributed by atoms with E-state index < -0.39 is 15.4 Å². The molecule has 7 heteroatoms. The molecule has 0 aromatic heterocycles. The molecule has 0 spiro atoms. The number of nitrogens with one attached hydrogen (secondary N) is 1. The van der Waals surface area contributed by atoms with E-state index in [0.717, 1.165) is 6.54 Å². The van der Waals surface area contributed by atoms with Crippen LogP contribution in [-0.4, -0.2) is 56.2 Å². The summed E-state index contributed by atoms with van der Waals surface area (Å²) in [4.78, 5) is 14.1. The Bertz CT molecular complexity index is 445. The first-order valence-electron chi connectivity index (χ1n) is 6.90. The van der Waals surface area contributed by atoms with E-state index in [1.54, 1.807) is 0 Å². The van der Waals surface area contributed by atoms with Crippen molar-refractivity contribution in [2.24, 2.45) is 11.3 Å². The second-order valence-corrected chi connectivity index (χ2v) is 8.46. The lowest BCUT2D eigenvalue weighted by Gasteiger charge is -2.29. The summed E-state index contributed by atoms with van der Waals surface area (Å²) in [6.45, 7) is 5.55. The van der Waals surface area contributed by atoms with Gasteiger partial charge in [0, 0.05) is 19.0 Å². The van der Waals surface area contributed by atoms with Crippen molar-refractivity contribution in [3.63, 3.8) is 0 Å². The predicted octanol–water partition coefficient (Wildman–Crippen LogP) is 0.747. The number of nitrogens with zero attached hydrogens (tertiary/aromatic N) is 1. The maximum Gasteiger partial charge on any atom is 0.267 e. The van der Waals surface area contributed by atoms with Gasteiger partial charge in [-0.3, -0.25) is 9.35 Å². The topological polar surface area (TPSA) is 86.7 Å². The first kappa shape index (κ1) is 17.4. The van der Waals surface area contributed by atoms with Gasteiger partial charge < -0.3 is 10.2 Å². The number of carbonyl (C=O) groups is 1. The van der Waals surface area contributed by atoms with E-state index in [0.29, 0.717) is 19.4 Å². The quantitative estimate of drug-likeness (QED) is 0.707. The van der Waals surface area contributed by atoms with Crippen LogP contribution in [0, 0.1) is 11.3 Å². The van der Waals surface area contributed by atoms with Crippen molar-refractivity contribution in [3.8, 4) is 0 Å². The summed E-state index contributed by atoms with van der Waals surface area (Å²) in [5.41, 5.74) is -0.0414. The van der Waals surface area contributed by atoms with Crippen LogP contribution in [0.15, 0.2) is 0 Å². The van der Waals surface area contributed by atoms with E-state index >= 15 is 0 Å². The highest BCUT2D eigenvalue weighted by Gasteiger charge is 2.36. The summed E-state index contributed by atoms with van der Waals surface area (Å²) in [6, 6.07) is 0. The Hall–Kier alpha value is -0.660. The number of amides is 1. The molecular weight excluding hydrogens is 280 g/mol. The monoisotopic (exact) mass is 306 g/mol. The average Bonchev–Trinajstić information content (AvgIpc) is 2.72. The van der Waals surface area contributed by atoms with Crippen LogP contribution in [0.5, 0.6) is 0 Å². The summed E-state index contributed by atoms with van der Waals surface area (Å²) in [6.07, 6.45) is 1.10. The number of rotatable bonds is 6. The molecule has 2 N–H and O–H groups in total. The summed E-state index contributed by atoms with van der Waals surface area (Å²) in [7, 11) is -0.0481. The molecule has 1 amide bonds. The van der Waals surface area contributed by atoms with E-state index in [1.807, 2.05) is 14.1 Å². The molecule has 118 valence electrons. The van der Waals surface area contributed by atoms with Crippen LogP contribution in [0.3, 0.4) is 0 Å². The Morgan fingerprint density at radius 2 is 1.95 bits per heavy atom. The summed E-state index contributed by atoms with van der Waals surface area (Å²) >= 11 is 0. The van der Waals surface area contributed by atoms with Crippen molar-refractivity contribution in [2.75, 3.05) is 27.2 Å². The zero-order chi connectivity index (χ0) is 15.6. The van der Waals surface area contributed by atoms with Gasteiger partial charge in [0.05, 0.1) is 5.25 Å². The predicted molar refractivity (Wildman–Crippen MR) is 78.0 cm³/mol. The molecular formula is C13H26N2O4S. The van der Waals surface area contributed by atoms with Crippen molar-refractivity contribution < 1.29 is 17.8 Å². The molecule has 1 aliphatic rings. The van der Waals surface area contributed by atoms with Gasteiger partial charge >= 0.3 is 0 Å². The standard InChI is InChI=1S/C13H26N2O4S/c1-13(2,9-15(3)4)8-14-12(16)10-5-6-11(7-10)20(17,18)19/h10-11H,5-9H2,1-4H3,(H,14,16)(H,17,18,19). The lowest BCUT2D eigenvalue weighted by atomic mass is 9.92. The van der Waals surface area contributed by atoms with E-state index in [-0.39, 0.29) is 23.7 Å². The molecule has 2 unspecified atom stereocenters. The smallest absolute Gasteiger partial charge is 0.267 e. The van der Waals surface area contributed by atoms with Crippen LogP contribution in [0.25, 0.3) is 0 Å². The SMILES string of the molecule is CN(C)CC(C)(C)CNC(=O)C1CCC(S(=O)(=O)O)C1. The number of hydrogen-bond donors (Lipinski definition) is 2. The maximum atomic E-state index is 12.0. The maximum absolute atomic E-state index is 12.0. The molecule has 0 aromatic carbocycles. The van der Waals surface area contributed by atoms with Crippen molar-refractivity contribution in [2.45, 2.75) is 38.4 Å². The van der Waals surface area contributed by atoms with Crippen molar-refractivity contribution in [3.05, 3.63) is 0 Å². The summed E-state index contributed by atoms with van der Waals surface area (Å²) < 4.78 is 31.1. The van der Waals surface area contributed by atoms with E-state index in [9.17, 15) is 13.2 Å². The third-order valence-corrected chi connectivity index (χ3v) is 4.93.